The van der Waals surface area contributed by atoms with Crippen LogP contribution in [0.5, 0.6) is 0 Å². The zero-order valence-corrected chi connectivity index (χ0v) is 11.6. The Morgan fingerprint density at radius 2 is 1.75 bits per heavy atom. The molecule has 0 aliphatic rings. The zero-order valence-electron chi connectivity index (χ0n) is 11.6. The van der Waals surface area contributed by atoms with Crippen LogP contribution in [0.15, 0.2) is 48.5 Å². The van der Waals surface area contributed by atoms with Crippen molar-refractivity contribution in [3.05, 3.63) is 71.0 Å². The summed E-state index contributed by atoms with van der Waals surface area (Å²) in [6, 6.07) is 14.2. The summed E-state index contributed by atoms with van der Waals surface area (Å²) in [5.41, 5.74) is 8.17. The average Bonchev–Trinajstić information content (AvgIpc) is 2.50. The van der Waals surface area contributed by atoms with Crippen LogP contribution in [0.3, 0.4) is 0 Å². The molecule has 0 aromatic heterocycles. The fraction of sp³-hybridized carbons (Fsp3) is 0.294. The van der Waals surface area contributed by atoms with Gasteiger partial charge in [-0.2, -0.15) is 0 Å². The summed E-state index contributed by atoms with van der Waals surface area (Å²) >= 11 is 0. The Morgan fingerprint density at radius 1 is 1.10 bits per heavy atom. The van der Waals surface area contributed by atoms with Crippen molar-refractivity contribution in [1.82, 2.24) is 0 Å². The fourth-order valence-electron chi connectivity index (χ4n) is 2.38. The van der Waals surface area contributed by atoms with E-state index < -0.39 is 12.0 Å². The minimum Gasteiger partial charge on any atom is -0.388 e. The van der Waals surface area contributed by atoms with Crippen LogP contribution in [0.1, 0.15) is 35.6 Å². The number of nitrogens with two attached hydrogens (primary N) is 1. The van der Waals surface area contributed by atoms with Crippen molar-refractivity contribution in [2.45, 2.75) is 25.4 Å². The standard InChI is InChI=1S/C17H20FNO/c1-2-12-7-9-13(10-8-12)17(20)15(11-19)14-5-3-4-6-16(14)18/h3-10,15,17,20H,2,11,19H2,1H3. The highest BCUT2D eigenvalue weighted by Gasteiger charge is 2.23. The molecule has 0 saturated carbocycles. The molecule has 0 amide bonds. The van der Waals surface area contributed by atoms with E-state index in [1.54, 1.807) is 18.2 Å². The Bertz CT molecular complexity index is 553. The summed E-state index contributed by atoms with van der Waals surface area (Å²) in [7, 11) is 0. The van der Waals surface area contributed by atoms with Gasteiger partial charge in [0.25, 0.3) is 0 Å². The summed E-state index contributed by atoms with van der Waals surface area (Å²) in [5.74, 6) is -0.768. The number of rotatable bonds is 5. The maximum atomic E-state index is 13.9. The van der Waals surface area contributed by atoms with Gasteiger partial charge in [0, 0.05) is 12.5 Å². The minimum absolute atomic E-state index is 0.192. The third-order valence-corrected chi connectivity index (χ3v) is 3.67. The van der Waals surface area contributed by atoms with Crippen molar-refractivity contribution in [2.75, 3.05) is 6.54 Å². The first-order valence-electron chi connectivity index (χ1n) is 6.88. The van der Waals surface area contributed by atoms with Gasteiger partial charge in [-0.05, 0) is 29.2 Å². The van der Waals surface area contributed by atoms with E-state index in [-0.39, 0.29) is 12.4 Å². The van der Waals surface area contributed by atoms with Gasteiger partial charge in [-0.25, -0.2) is 4.39 Å². The quantitative estimate of drug-likeness (QED) is 0.879. The van der Waals surface area contributed by atoms with E-state index >= 15 is 0 Å². The highest BCUT2D eigenvalue weighted by Crippen LogP contribution is 2.31. The van der Waals surface area contributed by atoms with Crippen molar-refractivity contribution in [3.63, 3.8) is 0 Å². The van der Waals surface area contributed by atoms with Crippen molar-refractivity contribution < 1.29 is 9.50 Å². The lowest BCUT2D eigenvalue weighted by atomic mass is 9.88. The number of hydrogen-bond acceptors (Lipinski definition) is 2. The summed E-state index contributed by atoms with van der Waals surface area (Å²) in [4.78, 5) is 0. The molecule has 3 heteroatoms. The third kappa shape index (κ3) is 3.06. The summed E-state index contributed by atoms with van der Waals surface area (Å²) < 4.78 is 13.9. The van der Waals surface area contributed by atoms with Crippen LogP contribution in [0.4, 0.5) is 4.39 Å². The second-order valence-electron chi connectivity index (χ2n) is 4.90. The number of hydrogen-bond donors (Lipinski definition) is 2. The SMILES string of the molecule is CCc1ccc(C(O)C(CN)c2ccccc2F)cc1. The molecule has 2 aromatic carbocycles. The van der Waals surface area contributed by atoms with Crippen LogP contribution in [0.2, 0.25) is 0 Å². The van der Waals surface area contributed by atoms with Gasteiger partial charge >= 0.3 is 0 Å². The molecule has 2 unspecified atom stereocenters. The second kappa shape index (κ2) is 6.64. The van der Waals surface area contributed by atoms with Gasteiger partial charge < -0.3 is 10.8 Å². The van der Waals surface area contributed by atoms with Gasteiger partial charge in [0.2, 0.25) is 0 Å². The van der Waals surface area contributed by atoms with Gasteiger partial charge in [-0.15, -0.1) is 0 Å². The molecule has 2 atom stereocenters. The fourth-order valence-corrected chi connectivity index (χ4v) is 2.38. The second-order valence-corrected chi connectivity index (χ2v) is 4.90. The van der Waals surface area contributed by atoms with E-state index in [0.29, 0.717) is 5.56 Å². The maximum absolute atomic E-state index is 13.9. The van der Waals surface area contributed by atoms with Gasteiger partial charge in [0.1, 0.15) is 5.82 Å². The van der Waals surface area contributed by atoms with Gasteiger partial charge in [-0.1, -0.05) is 49.4 Å². The predicted octanol–water partition coefficient (Wildman–Crippen LogP) is 3.16. The van der Waals surface area contributed by atoms with E-state index in [0.717, 1.165) is 12.0 Å². The van der Waals surface area contributed by atoms with Gasteiger partial charge in [0.05, 0.1) is 6.10 Å². The van der Waals surface area contributed by atoms with Crippen LogP contribution in [-0.4, -0.2) is 11.7 Å². The van der Waals surface area contributed by atoms with E-state index in [1.807, 2.05) is 24.3 Å². The van der Waals surface area contributed by atoms with Gasteiger partial charge in [0.15, 0.2) is 0 Å². The lowest BCUT2D eigenvalue weighted by Gasteiger charge is -2.23. The van der Waals surface area contributed by atoms with Crippen LogP contribution in [0.25, 0.3) is 0 Å². The van der Waals surface area contributed by atoms with Gasteiger partial charge in [-0.3, -0.25) is 0 Å². The van der Waals surface area contributed by atoms with Crippen LogP contribution < -0.4 is 5.73 Å². The molecule has 0 aliphatic carbocycles. The summed E-state index contributed by atoms with van der Waals surface area (Å²) in [5, 5.41) is 10.5. The molecule has 0 spiro atoms. The highest BCUT2D eigenvalue weighted by atomic mass is 19.1. The van der Waals surface area contributed by atoms with Crippen LogP contribution >= 0.6 is 0 Å². The largest absolute Gasteiger partial charge is 0.388 e. The molecule has 0 radical (unpaired) electrons. The summed E-state index contributed by atoms with van der Waals surface area (Å²) in [6.45, 7) is 2.27. The smallest absolute Gasteiger partial charge is 0.126 e. The average molecular weight is 273 g/mol. The molecule has 0 aliphatic heterocycles. The number of halogens is 1. The first-order valence-corrected chi connectivity index (χ1v) is 6.88. The predicted molar refractivity (Wildman–Crippen MR) is 79.0 cm³/mol. The Labute approximate surface area is 119 Å². The molecule has 2 rings (SSSR count). The normalized spacial score (nSPS) is 14.0. The van der Waals surface area contributed by atoms with Crippen molar-refractivity contribution >= 4 is 0 Å². The van der Waals surface area contributed by atoms with Crippen molar-refractivity contribution in [1.29, 1.82) is 0 Å². The molecule has 2 nitrogen and oxygen atoms in total. The van der Waals surface area contributed by atoms with Crippen molar-refractivity contribution in [2.24, 2.45) is 5.73 Å². The molecule has 0 heterocycles. The molecule has 0 fully saturated rings. The van der Waals surface area contributed by atoms with E-state index in [4.69, 9.17) is 5.73 Å². The first kappa shape index (κ1) is 14.7. The molecule has 0 saturated heterocycles. The van der Waals surface area contributed by atoms with Crippen LogP contribution in [0, 0.1) is 5.82 Å². The van der Waals surface area contributed by atoms with Crippen molar-refractivity contribution in [3.8, 4) is 0 Å². The van der Waals surface area contributed by atoms with E-state index in [2.05, 4.69) is 6.92 Å². The van der Waals surface area contributed by atoms with E-state index in [1.165, 1.54) is 11.6 Å². The molecule has 3 N–H and O–H groups in total. The lowest BCUT2D eigenvalue weighted by Crippen LogP contribution is -2.21. The molecular formula is C17H20FNO. The number of benzene rings is 2. The Balaban J connectivity index is 2.28. The van der Waals surface area contributed by atoms with Crippen LogP contribution in [-0.2, 0) is 6.42 Å². The Kier molecular flexibility index (Phi) is 4.88. The Morgan fingerprint density at radius 3 is 2.30 bits per heavy atom. The molecule has 2 aromatic rings. The maximum Gasteiger partial charge on any atom is 0.126 e. The number of aryl methyl sites for hydroxylation is 1. The van der Waals surface area contributed by atoms with E-state index in [9.17, 15) is 9.50 Å². The minimum atomic E-state index is -0.803. The summed E-state index contributed by atoms with van der Waals surface area (Å²) in [6.07, 6.45) is 0.145. The molecule has 106 valence electrons. The monoisotopic (exact) mass is 273 g/mol. The molecule has 0 bridgehead atoms. The third-order valence-electron chi connectivity index (χ3n) is 3.67. The Hall–Kier alpha value is -1.71. The number of aliphatic hydroxyl groups is 1. The molecule has 20 heavy (non-hydrogen) atoms. The lowest BCUT2D eigenvalue weighted by molar-refractivity contribution is 0.145. The zero-order chi connectivity index (χ0) is 14.5. The topological polar surface area (TPSA) is 46.2 Å². The molecular weight excluding hydrogens is 253 g/mol. The first-order chi connectivity index (χ1) is 9.67. The highest BCUT2D eigenvalue weighted by molar-refractivity contribution is 5.30. The number of aliphatic hydroxyl groups excluding tert-OH is 1.